The van der Waals surface area contributed by atoms with Crippen molar-refractivity contribution in [2.24, 2.45) is 5.73 Å². The lowest BCUT2D eigenvalue weighted by atomic mass is 10.2. The molecular weight excluding hydrogens is 245 g/mol. The maximum atomic E-state index is 13.5. The van der Waals surface area contributed by atoms with Crippen molar-refractivity contribution in [3.05, 3.63) is 29.6 Å². The van der Waals surface area contributed by atoms with E-state index < -0.39 is 16.0 Å². The number of anilines is 1. The Hall–Kier alpha value is -1.18. The molecule has 1 fully saturated rings. The van der Waals surface area contributed by atoms with Gasteiger partial charge in [0, 0.05) is 12.6 Å². The molecule has 0 aliphatic heterocycles. The van der Waals surface area contributed by atoms with Crippen molar-refractivity contribution in [1.29, 1.82) is 0 Å². The van der Waals surface area contributed by atoms with Crippen LogP contribution in [0.15, 0.2) is 18.2 Å². The highest BCUT2D eigenvalue weighted by Gasteiger charge is 2.27. The molecule has 0 amide bonds. The van der Waals surface area contributed by atoms with Gasteiger partial charge < -0.3 is 5.73 Å². The van der Waals surface area contributed by atoms with Crippen LogP contribution >= 0.6 is 0 Å². The van der Waals surface area contributed by atoms with Crippen molar-refractivity contribution in [1.82, 2.24) is 4.72 Å². The second kappa shape index (κ2) is 4.59. The van der Waals surface area contributed by atoms with Crippen LogP contribution in [0.3, 0.4) is 0 Å². The molecule has 94 valence electrons. The summed E-state index contributed by atoms with van der Waals surface area (Å²) in [5.41, 5.74) is 5.89. The monoisotopic (exact) mass is 259 g/mol. The molecule has 1 aliphatic carbocycles. The van der Waals surface area contributed by atoms with Gasteiger partial charge in [-0.15, -0.1) is 0 Å². The Morgan fingerprint density at radius 3 is 2.65 bits per heavy atom. The molecule has 0 bridgehead atoms. The minimum atomic E-state index is -3.68. The summed E-state index contributed by atoms with van der Waals surface area (Å²) in [5, 5.41) is 0. The first kappa shape index (κ1) is 12.3. The van der Waals surface area contributed by atoms with E-state index in [2.05, 4.69) is 9.44 Å². The van der Waals surface area contributed by atoms with Gasteiger partial charge in [0.15, 0.2) is 0 Å². The molecular formula is C10H14FN3O2S. The van der Waals surface area contributed by atoms with Gasteiger partial charge >= 0.3 is 0 Å². The normalized spacial score (nSPS) is 15.9. The number of hydrogen-bond acceptors (Lipinski definition) is 3. The molecule has 0 spiro atoms. The number of benzene rings is 1. The molecule has 17 heavy (non-hydrogen) atoms. The summed E-state index contributed by atoms with van der Waals surface area (Å²) >= 11 is 0. The molecule has 0 atom stereocenters. The first-order valence-electron chi connectivity index (χ1n) is 5.29. The fraction of sp³-hybridized carbons (Fsp3) is 0.400. The van der Waals surface area contributed by atoms with E-state index in [1.807, 2.05) is 0 Å². The van der Waals surface area contributed by atoms with Crippen LogP contribution in [-0.4, -0.2) is 14.5 Å². The van der Waals surface area contributed by atoms with Crippen molar-refractivity contribution in [2.75, 3.05) is 4.72 Å². The third-order valence-electron chi connectivity index (χ3n) is 2.41. The number of nitrogens with one attached hydrogen (secondary N) is 2. The van der Waals surface area contributed by atoms with Crippen LogP contribution in [0.2, 0.25) is 0 Å². The van der Waals surface area contributed by atoms with Crippen LogP contribution in [-0.2, 0) is 16.8 Å². The fourth-order valence-electron chi connectivity index (χ4n) is 1.36. The minimum Gasteiger partial charge on any atom is -0.326 e. The summed E-state index contributed by atoms with van der Waals surface area (Å²) in [5.74, 6) is -0.630. The molecule has 1 saturated carbocycles. The fourth-order valence-corrected chi connectivity index (χ4v) is 2.55. The predicted octanol–water partition coefficient (Wildman–Crippen LogP) is 0.693. The van der Waals surface area contributed by atoms with E-state index in [9.17, 15) is 12.8 Å². The van der Waals surface area contributed by atoms with Crippen LogP contribution in [0.5, 0.6) is 0 Å². The summed E-state index contributed by atoms with van der Waals surface area (Å²) in [4.78, 5) is 0. The molecule has 0 radical (unpaired) electrons. The lowest BCUT2D eigenvalue weighted by Gasteiger charge is -2.10. The van der Waals surface area contributed by atoms with Gasteiger partial charge in [-0.3, -0.25) is 4.72 Å². The summed E-state index contributed by atoms with van der Waals surface area (Å²) in [6.07, 6.45) is 1.66. The number of rotatable bonds is 5. The van der Waals surface area contributed by atoms with Crippen LogP contribution < -0.4 is 15.2 Å². The molecule has 0 heterocycles. The van der Waals surface area contributed by atoms with E-state index in [1.54, 1.807) is 6.07 Å². The first-order chi connectivity index (χ1) is 8.00. The molecule has 5 nitrogen and oxygen atoms in total. The van der Waals surface area contributed by atoms with E-state index in [4.69, 9.17) is 5.73 Å². The van der Waals surface area contributed by atoms with E-state index >= 15 is 0 Å². The van der Waals surface area contributed by atoms with Crippen molar-refractivity contribution < 1.29 is 12.8 Å². The van der Waals surface area contributed by atoms with Gasteiger partial charge in [0.1, 0.15) is 5.82 Å². The zero-order valence-corrected chi connectivity index (χ0v) is 9.93. The number of halogens is 1. The first-order valence-corrected chi connectivity index (χ1v) is 6.77. The molecule has 2 rings (SSSR count). The van der Waals surface area contributed by atoms with Crippen molar-refractivity contribution in [3.8, 4) is 0 Å². The van der Waals surface area contributed by atoms with E-state index in [0.717, 1.165) is 12.8 Å². The Kier molecular flexibility index (Phi) is 3.32. The Bertz CT molecular complexity index is 514. The van der Waals surface area contributed by atoms with E-state index in [0.29, 0.717) is 5.56 Å². The molecule has 1 aromatic rings. The molecule has 0 aromatic heterocycles. The van der Waals surface area contributed by atoms with Gasteiger partial charge in [-0.05, 0) is 30.5 Å². The predicted molar refractivity (Wildman–Crippen MR) is 63.0 cm³/mol. The molecule has 0 saturated heterocycles. The molecule has 1 aliphatic rings. The average Bonchev–Trinajstić information content (AvgIpc) is 3.04. The van der Waals surface area contributed by atoms with Crippen LogP contribution in [0.1, 0.15) is 18.4 Å². The second-order valence-electron chi connectivity index (χ2n) is 4.02. The SMILES string of the molecule is NCc1ccc(NS(=O)(=O)NC2CC2)c(F)c1. The summed E-state index contributed by atoms with van der Waals surface area (Å²) in [6.45, 7) is 0.213. The number of nitrogens with two attached hydrogens (primary N) is 1. The van der Waals surface area contributed by atoms with Gasteiger partial charge in [-0.1, -0.05) is 6.07 Å². The highest BCUT2D eigenvalue weighted by Crippen LogP contribution is 2.21. The van der Waals surface area contributed by atoms with Gasteiger partial charge in [0.25, 0.3) is 10.2 Å². The zero-order valence-electron chi connectivity index (χ0n) is 9.11. The Morgan fingerprint density at radius 2 is 2.12 bits per heavy atom. The third-order valence-corrected chi connectivity index (χ3v) is 3.54. The van der Waals surface area contributed by atoms with Crippen molar-refractivity contribution in [2.45, 2.75) is 25.4 Å². The molecule has 1 aromatic carbocycles. The largest absolute Gasteiger partial charge is 0.326 e. The van der Waals surface area contributed by atoms with Crippen LogP contribution in [0.25, 0.3) is 0 Å². The summed E-state index contributed by atoms with van der Waals surface area (Å²) in [6, 6.07) is 4.15. The molecule has 0 unspecified atom stereocenters. The van der Waals surface area contributed by atoms with Gasteiger partial charge in [-0.2, -0.15) is 13.1 Å². The van der Waals surface area contributed by atoms with Gasteiger partial charge in [-0.25, -0.2) is 4.39 Å². The second-order valence-corrected chi connectivity index (χ2v) is 5.46. The van der Waals surface area contributed by atoms with Crippen LogP contribution in [0.4, 0.5) is 10.1 Å². The Labute approximate surface area is 99.4 Å². The highest BCUT2D eigenvalue weighted by atomic mass is 32.2. The standard InChI is InChI=1S/C10H14FN3O2S/c11-9-5-7(6-12)1-4-10(9)14-17(15,16)13-8-2-3-8/h1,4-5,8,13-14H,2-3,6,12H2. The topological polar surface area (TPSA) is 84.2 Å². The highest BCUT2D eigenvalue weighted by molar-refractivity contribution is 7.90. The summed E-state index contributed by atoms with van der Waals surface area (Å²) < 4.78 is 41.2. The molecule has 7 heteroatoms. The van der Waals surface area contributed by atoms with Gasteiger partial charge in [0.2, 0.25) is 0 Å². The maximum absolute atomic E-state index is 13.5. The quantitative estimate of drug-likeness (QED) is 0.727. The molecule has 4 N–H and O–H groups in total. The van der Waals surface area contributed by atoms with Gasteiger partial charge in [0.05, 0.1) is 5.69 Å². The third kappa shape index (κ3) is 3.39. The number of hydrogen-bond donors (Lipinski definition) is 3. The lowest BCUT2D eigenvalue weighted by molar-refractivity contribution is 0.584. The minimum absolute atomic E-state index is 0.0149. The van der Waals surface area contributed by atoms with Crippen molar-refractivity contribution in [3.63, 3.8) is 0 Å². The lowest BCUT2D eigenvalue weighted by Crippen LogP contribution is -2.32. The smallest absolute Gasteiger partial charge is 0.299 e. The maximum Gasteiger partial charge on any atom is 0.299 e. The Balaban J connectivity index is 2.12. The van der Waals surface area contributed by atoms with Crippen LogP contribution in [0, 0.1) is 5.82 Å². The zero-order chi connectivity index (χ0) is 12.5. The summed E-state index contributed by atoms with van der Waals surface area (Å²) in [7, 11) is -3.68. The van der Waals surface area contributed by atoms with E-state index in [1.165, 1.54) is 12.1 Å². The Morgan fingerprint density at radius 1 is 1.41 bits per heavy atom. The van der Waals surface area contributed by atoms with E-state index in [-0.39, 0.29) is 18.3 Å². The average molecular weight is 259 g/mol. The van der Waals surface area contributed by atoms with Crippen molar-refractivity contribution >= 4 is 15.9 Å².